The van der Waals surface area contributed by atoms with Crippen LogP contribution in [0.3, 0.4) is 0 Å². The smallest absolute Gasteiger partial charge is 0.229 e. The maximum absolute atomic E-state index is 4.53. The van der Waals surface area contributed by atoms with Gasteiger partial charge in [0.05, 0.1) is 4.47 Å². The number of rotatable bonds is 6. The third-order valence-corrected chi connectivity index (χ3v) is 4.62. The Morgan fingerprint density at radius 3 is 2.60 bits per heavy atom. The molecule has 7 nitrogen and oxygen atoms in total. The summed E-state index contributed by atoms with van der Waals surface area (Å²) in [4.78, 5) is 8.83. The number of benzene rings is 1. The molecule has 0 atom stereocenters. The first-order chi connectivity index (χ1) is 12.2. The minimum absolute atomic E-state index is 0.515. The third kappa shape index (κ3) is 3.74. The summed E-state index contributed by atoms with van der Waals surface area (Å²) in [5, 5.41) is 16.9. The average Bonchev–Trinajstić information content (AvgIpc) is 3.38. The van der Waals surface area contributed by atoms with E-state index in [-0.39, 0.29) is 0 Å². The second kappa shape index (κ2) is 6.72. The van der Waals surface area contributed by atoms with E-state index >= 15 is 0 Å². The Balaban J connectivity index is 1.50. The van der Waals surface area contributed by atoms with Crippen LogP contribution >= 0.6 is 15.9 Å². The molecule has 8 heteroatoms. The summed E-state index contributed by atoms with van der Waals surface area (Å²) in [7, 11) is 1.89. The number of hydrogen-bond donors (Lipinski definition) is 4. The monoisotopic (exact) mass is 399 g/mol. The second-order valence-corrected chi connectivity index (χ2v) is 6.80. The molecule has 1 aliphatic carbocycles. The van der Waals surface area contributed by atoms with Gasteiger partial charge < -0.3 is 16.0 Å². The summed E-state index contributed by atoms with van der Waals surface area (Å²) >= 11 is 3.48. The molecule has 2 aromatic heterocycles. The topological polar surface area (TPSA) is 90.6 Å². The van der Waals surface area contributed by atoms with Crippen molar-refractivity contribution in [3.8, 4) is 0 Å². The van der Waals surface area contributed by atoms with Crippen molar-refractivity contribution in [3.63, 3.8) is 0 Å². The van der Waals surface area contributed by atoms with Crippen molar-refractivity contribution in [1.82, 2.24) is 20.2 Å². The van der Waals surface area contributed by atoms with Crippen LogP contribution in [0.2, 0.25) is 0 Å². The largest absolute Gasteiger partial charge is 0.388 e. The molecule has 0 radical (unpaired) electrons. The van der Waals surface area contributed by atoms with E-state index in [1.807, 2.05) is 37.4 Å². The third-order valence-electron chi connectivity index (χ3n) is 4.04. The van der Waals surface area contributed by atoms with Crippen LogP contribution in [0.4, 0.5) is 29.0 Å². The Bertz CT molecular complexity index is 871. The van der Waals surface area contributed by atoms with Gasteiger partial charge in [-0.3, -0.25) is 5.10 Å². The van der Waals surface area contributed by atoms with E-state index in [2.05, 4.69) is 52.0 Å². The van der Waals surface area contributed by atoms with Gasteiger partial charge in [0, 0.05) is 42.3 Å². The number of aromatic amines is 1. The molecule has 128 valence electrons. The number of halogens is 1. The maximum Gasteiger partial charge on any atom is 0.229 e. The lowest BCUT2D eigenvalue weighted by Crippen LogP contribution is -2.02. The van der Waals surface area contributed by atoms with Gasteiger partial charge in [-0.1, -0.05) is 0 Å². The summed E-state index contributed by atoms with van der Waals surface area (Å²) in [5.41, 5.74) is 3.15. The van der Waals surface area contributed by atoms with E-state index in [9.17, 15) is 0 Å². The first-order valence-corrected chi connectivity index (χ1v) is 8.90. The van der Waals surface area contributed by atoms with Crippen LogP contribution in [0, 0.1) is 0 Å². The highest BCUT2D eigenvalue weighted by Crippen LogP contribution is 2.39. The molecule has 0 aliphatic heterocycles. The molecule has 0 bridgehead atoms. The number of nitrogens with zero attached hydrogens (tertiary/aromatic N) is 3. The standard InChI is InChI=1S/C17H18BrN7/c1-19-11-4-6-12(7-5-11)21-17-20-9-13(18)16(23-17)22-15-8-14(24-25-15)10-2-3-10/h4-10,19H,2-3H2,1H3,(H3,20,21,22,23,24,25). The maximum atomic E-state index is 4.53. The molecular weight excluding hydrogens is 382 g/mol. The van der Waals surface area contributed by atoms with Gasteiger partial charge in [0.1, 0.15) is 0 Å². The fourth-order valence-corrected chi connectivity index (χ4v) is 2.78. The Morgan fingerprint density at radius 2 is 1.88 bits per heavy atom. The highest BCUT2D eigenvalue weighted by Gasteiger charge is 2.25. The summed E-state index contributed by atoms with van der Waals surface area (Å²) in [6, 6.07) is 9.96. The average molecular weight is 400 g/mol. The van der Waals surface area contributed by atoms with Crippen LogP contribution in [-0.2, 0) is 0 Å². The Morgan fingerprint density at radius 1 is 1.12 bits per heavy atom. The van der Waals surface area contributed by atoms with Crippen molar-refractivity contribution in [2.24, 2.45) is 0 Å². The van der Waals surface area contributed by atoms with Crippen LogP contribution in [-0.4, -0.2) is 27.2 Å². The van der Waals surface area contributed by atoms with Gasteiger partial charge in [0.25, 0.3) is 0 Å². The molecule has 0 unspecified atom stereocenters. The molecule has 1 aliphatic rings. The molecule has 1 aromatic carbocycles. The van der Waals surface area contributed by atoms with Crippen LogP contribution in [0.1, 0.15) is 24.5 Å². The lowest BCUT2D eigenvalue weighted by molar-refractivity contribution is 0.966. The van der Waals surface area contributed by atoms with Crippen LogP contribution in [0.25, 0.3) is 0 Å². The van der Waals surface area contributed by atoms with Crippen LogP contribution in [0.5, 0.6) is 0 Å². The normalized spacial score (nSPS) is 13.5. The minimum atomic E-state index is 0.515. The molecule has 25 heavy (non-hydrogen) atoms. The van der Waals surface area contributed by atoms with E-state index < -0.39 is 0 Å². The highest BCUT2D eigenvalue weighted by atomic mass is 79.9. The van der Waals surface area contributed by atoms with Gasteiger partial charge in [-0.05, 0) is 53.0 Å². The molecule has 4 N–H and O–H groups in total. The fourth-order valence-electron chi connectivity index (χ4n) is 2.49. The Labute approximate surface area is 153 Å². The van der Waals surface area contributed by atoms with Crippen molar-refractivity contribution < 1.29 is 0 Å². The summed E-state index contributed by atoms with van der Waals surface area (Å²) < 4.78 is 0.777. The van der Waals surface area contributed by atoms with E-state index in [4.69, 9.17) is 0 Å². The number of aromatic nitrogens is 4. The first kappa shape index (κ1) is 15.9. The molecule has 0 spiro atoms. The molecule has 0 saturated heterocycles. The molecule has 4 rings (SSSR count). The van der Waals surface area contributed by atoms with Crippen molar-refractivity contribution in [3.05, 3.63) is 46.7 Å². The van der Waals surface area contributed by atoms with Gasteiger partial charge >= 0.3 is 0 Å². The van der Waals surface area contributed by atoms with Gasteiger partial charge in [-0.25, -0.2) is 4.98 Å². The van der Waals surface area contributed by atoms with E-state index in [1.165, 1.54) is 18.5 Å². The summed E-state index contributed by atoms with van der Waals surface area (Å²) in [5.74, 6) is 2.57. The number of anilines is 5. The zero-order chi connectivity index (χ0) is 17.2. The zero-order valence-electron chi connectivity index (χ0n) is 13.7. The first-order valence-electron chi connectivity index (χ1n) is 8.11. The lowest BCUT2D eigenvalue weighted by atomic mass is 10.3. The second-order valence-electron chi connectivity index (χ2n) is 5.95. The van der Waals surface area contributed by atoms with Crippen molar-refractivity contribution in [2.75, 3.05) is 23.0 Å². The van der Waals surface area contributed by atoms with E-state index in [0.29, 0.717) is 17.7 Å². The predicted molar refractivity (Wildman–Crippen MR) is 103 cm³/mol. The van der Waals surface area contributed by atoms with Crippen molar-refractivity contribution >= 4 is 44.9 Å². The highest BCUT2D eigenvalue weighted by molar-refractivity contribution is 9.10. The van der Waals surface area contributed by atoms with Crippen molar-refractivity contribution in [2.45, 2.75) is 18.8 Å². The SMILES string of the molecule is CNc1ccc(Nc2ncc(Br)c(Nc3cc(C4CC4)[nH]n3)n2)cc1. The number of nitrogens with one attached hydrogen (secondary N) is 4. The molecule has 1 saturated carbocycles. The lowest BCUT2D eigenvalue weighted by Gasteiger charge is -2.09. The fraction of sp³-hybridized carbons (Fsp3) is 0.235. The summed E-state index contributed by atoms with van der Waals surface area (Å²) in [6.07, 6.45) is 4.19. The van der Waals surface area contributed by atoms with E-state index in [0.717, 1.165) is 21.7 Å². The van der Waals surface area contributed by atoms with Gasteiger partial charge in [-0.15, -0.1) is 0 Å². The van der Waals surface area contributed by atoms with Crippen molar-refractivity contribution in [1.29, 1.82) is 0 Å². The van der Waals surface area contributed by atoms with Crippen LogP contribution in [0.15, 0.2) is 41.0 Å². The van der Waals surface area contributed by atoms with Crippen LogP contribution < -0.4 is 16.0 Å². The predicted octanol–water partition coefficient (Wildman–Crippen LogP) is 4.37. The quantitative estimate of drug-likeness (QED) is 0.491. The molecule has 1 fully saturated rings. The zero-order valence-corrected chi connectivity index (χ0v) is 15.3. The Hall–Kier alpha value is -2.61. The molecular formula is C17H18BrN7. The van der Waals surface area contributed by atoms with Gasteiger partial charge in [0.2, 0.25) is 5.95 Å². The van der Waals surface area contributed by atoms with Gasteiger partial charge in [0.15, 0.2) is 11.6 Å². The molecule has 2 heterocycles. The number of H-pyrrole nitrogens is 1. The minimum Gasteiger partial charge on any atom is -0.388 e. The van der Waals surface area contributed by atoms with Gasteiger partial charge in [-0.2, -0.15) is 10.1 Å². The molecule has 3 aromatic rings. The number of hydrogen-bond acceptors (Lipinski definition) is 6. The Kier molecular flexibility index (Phi) is 4.27. The summed E-state index contributed by atoms with van der Waals surface area (Å²) in [6.45, 7) is 0. The van der Waals surface area contributed by atoms with E-state index in [1.54, 1.807) is 6.20 Å². The molecule has 0 amide bonds.